The van der Waals surface area contributed by atoms with Gasteiger partial charge in [0.1, 0.15) is 0 Å². The number of nitrogens with one attached hydrogen (secondary N) is 1. The fourth-order valence-electron chi connectivity index (χ4n) is 3.98. The first-order valence-electron chi connectivity index (χ1n) is 11.0. The van der Waals surface area contributed by atoms with E-state index in [1.807, 2.05) is 6.07 Å². The average molecular weight is 437 g/mol. The van der Waals surface area contributed by atoms with Crippen LogP contribution >= 0.6 is 0 Å². The maximum atomic E-state index is 12.4. The van der Waals surface area contributed by atoms with Crippen molar-refractivity contribution < 1.29 is 14.4 Å². The van der Waals surface area contributed by atoms with Gasteiger partial charge in [0.05, 0.1) is 6.54 Å². The summed E-state index contributed by atoms with van der Waals surface area (Å²) in [6, 6.07) is 8.88. The number of benzene rings is 1. The zero-order valence-electron chi connectivity index (χ0n) is 18.1. The second-order valence-electron chi connectivity index (χ2n) is 8.06. The molecule has 2 aliphatic rings. The number of rotatable bonds is 8. The number of carbonyl (C=O) groups is 3. The quantitative estimate of drug-likeness (QED) is 0.488. The molecule has 1 aromatic carbocycles. The first-order chi connectivity index (χ1) is 15.6. The number of carbonyl (C=O) groups excluding carboxylic acids is 3. The van der Waals surface area contributed by atoms with E-state index in [-0.39, 0.29) is 37.1 Å². The number of hydrogen-bond acceptors (Lipinski definition) is 7. The van der Waals surface area contributed by atoms with Gasteiger partial charge in [0.15, 0.2) is 0 Å². The Balaban J connectivity index is 1.15. The topological polar surface area (TPSA) is 98.7 Å². The van der Waals surface area contributed by atoms with Gasteiger partial charge in [-0.25, -0.2) is 9.97 Å². The summed E-state index contributed by atoms with van der Waals surface area (Å²) in [6.45, 7) is 5.52. The van der Waals surface area contributed by atoms with E-state index in [0.717, 1.165) is 50.7 Å². The van der Waals surface area contributed by atoms with Crippen molar-refractivity contribution in [3.63, 3.8) is 0 Å². The Morgan fingerprint density at radius 1 is 0.938 bits per heavy atom. The molecule has 0 atom stereocenters. The number of anilines is 1. The van der Waals surface area contributed by atoms with Gasteiger partial charge in [0.25, 0.3) is 5.91 Å². The first kappa shape index (κ1) is 21.9. The summed E-state index contributed by atoms with van der Waals surface area (Å²) in [6.07, 6.45) is 4.98. The van der Waals surface area contributed by atoms with Gasteiger partial charge in [-0.15, -0.1) is 0 Å². The van der Waals surface area contributed by atoms with Crippen molar-refractivity contribution in [1.82, 2.24) is 25.1 Å². The summed E-state index contributed by atoms with van der Waals surface area (Å²) < 4.78 is 0. The third-order valence-corrected chi connectivity index (χ3v) is 5.86. The maximum Gasteiger partial charge on any atom is 0.251 e. The molecule has 0 unspecified atom stereocenters. The Morgan fingerprint density at radius 3 is 2.25 bits per heavy atom. The van der Waals surface area contributed by atoms with E-state index < -0.39 is 0 Å². The van der Waals surface area contributed by atoms with Gasteiger partial charge in [-0.1, -0.05) is 12.1 Å². The Kier molecular flexibility index (Phi) is 7.06. The molecule has 2 saturated heterocycles. The van der Waals surface area contributed by atoms with Gasteiger partial charge in [-0.05, 0) is 36.7 Å². The van der Waals surface area contributed by atoms with Crippen molar-refractivity contribution in [2.24, 2.45) is 0 Å². The average Bonchev–Trinajstić information content (AvgIpc) is 3.15. The number of amides is 3. The van der Waals surface area contributed by atoms with Crippen LogP contribution in [-0.2, 0) is 16.1 Å². The minimum Gasteiger partial charge on any atom is -0.352 e. The van der Waals surface area contributed by atoms with Crippen molar-refractivity contribution in [3.05, 3.63) is 53.9 Å². The molecule has 32 heavy (non-hydrogen) atoms. The van der Waals surface area contributed by atoms with Crippen molar-refractivity contribution in [2.45, 2.75) is 25.8 Å². The third kappa shape index (κ3) is 5.47. The molecule has 0 spiro atoms. The van der Waals surface area contributed by atoms with Gasteiger partial charge in [-0.2, -0.15) is 0 Å². The molecule has 0 radical (unpaired) electrons. The van der Waals surface area contributed by atoms with Crippen LogP contribution in [0.15, 0.2) is 42.7 Å². The van der Waals surface area contributed by atoms with Crippen LogP contribution in [0, 0.1) is 0 Å². The largest absolute Gasteiger partial charge is 0.352 e. The van der Waals surface area contributed by atoms with Crippen LogP contribution in [0.2, 0.25) is 0 Å². The number of likely N-dealkylation sites (tertiary alicyclic amines) is 1. The lowest BCUT2D eigenvalue weighted by Gasteiger charge is -2.34. The summed E-state index contributed by atoms with van der Waals surface area (Å²) in [5, 5.41) is 2.97. The molecule has 9 heteroatoms. The van der Waals surface area contributed by atoms with E-state index in [1.165, 1.54) is 4.90 Å². The second kappa shape index (κ2) is 10.3. The van der Waals surface area contributed by atoms with E-state index in [2.05, 4.69) is 25.1 Å². The van der Waals surface area contributed by atoms with Crippen LogP contribution in [0.5, 0.6) is 0 Å². The van der Waals surface area contributed by atoms with Gasteiger partial charge in [-0.3, -0.25) is 24.2 Å². The summed E-state index contributed by atoms with van der Waals surface area (Å²) in [7, 11) is 0. The molecule has 9 nitrogen and oxygen atoms in total. The number of nitrogens with zero attached hydrogens (tertiary/aromatic N) is 5. The minimum atomic E-state index is -0.133. The van der Waals surface area contributed by atoms with Crippen LogP contribution in [-0.4, -0.2) is 76.8 Å². The highest BCUT2D eigenvalue weighted by molar-refractivity contribution is 6.01. The summed E-state index contributed by atoms with van der Waals surface area (Å²) in [4.78, 5) is 50.3. The molecule has 1 N–H and O–H groups in total. The lowest BCUT2D eigenvalue weighted by molar-refractivity contribution is -0.139. The van der Waals surface area contributed by atoms with Crippen molar-refractivity contribution in [3.8, 4) is 0 Å². The number of imide groups is 1. The monoisotopic (exact) mass is 436 g/mol. The van der Waals surface area contributed by atoms with Gasteiger partial charge in [0.2, 0.25) is 17.8 Å². The SMILES string of the molecule is O=C(NCCCN1CCN(c2ncccn2)CC1)c1ccc(CN2C(=O)CCC2=O)cc1. The fourth-order valence-corrected chi connectivity index (χ4v) is 3.98. The molecule has 3 amide bonds. The molecular formula is C23H28N6O3. The highest BCUT2D eigenvalue weighted by Gasteiger charge is 2.28. The summed E-state index contributed by atoms with van der Waals surface area (Å²) >= 11 is 0. The maximum absolute atomic E-state index is 12.4. The first-order valence-corrected chi connectivity index (χ1v) is 11.0. The van der Waals surface area contributed by atoms with E-state index in [1.54, 1.807) is 36.7 Å². The molecule has 2 aliphatic heterocycles. The Labute approximate surface area is 187 Å². The van der Waals surface area contributed by atoms with Crippen LogP contribution in [0.4, 0.5) is 5.95 Å². The molecular weight excluding hydrogens is 408 g/mol. The molecule has 1 aromatic heterocycles. The Hall–Kier alpha value is -3.33. The Morgan fingerprint density at radius 2 is 1.59 bits per heavy atom. The smallest absolute Gasteiger partial charge is 0.251 e. The van der Waals surface area contributed by atoms with Gasteiger partial charge in [0, 0.05) is 63.5 Å². The highest BCUT2D eigenvalue weighted by Crippen LogP contribution is 2.16. The van der Waals surface area contributed by atoms with Crippen molar-refractivity contribution in [2.75, 3.05) is 44.2 Å². The standard InChI is InChI=1S/C23H28N6O3/c30-20-7-8-21(31)29(20)17-18-3-5-19(6-4-18)22(32)24-11-2-12-27-13-15-28(16-14-27)23-25-9-1-10-26-23/h1,3-6,9-10H,2,7-8,11-17H2,(H,24,32). The number of hydrogen-bond donors (Lipinski definition) is 1. The zero-order chi connectivity index (χ0) is 22.3. The number of aromatic nitrogens is 2. The van der Waals surface area contributed by atoms with E-state index in [0.29, 0.717) is 12.1 Å². The predicted molar refractivity (Wildman–Crippen MR) is 119 cm³/mol. The van der Waals surface area contributed by atoms with Crippen molar-refractivity contribution >= 4 is 23.7 Å². The van der Waals surface area contributed by atoms with E-state index in [9.17, 15) is 14.4 Å². The molecule has 168 valence electrons. The molecule has 0 saturated carbocycles. The van der Waals surface area contributed by atoms with Gasteiger partial charge < -0.3 is 10.2 Å². The van der Waals surface area contributed by atoms with Crippen LogP contribution in [0.25, 0.3) is 0 Å². The molecule has 4 rings (SSSR count). The van der Waals surface area contributed by atoms with E-state index >= 15 is 0 Å². The Bertz CT molecular complexity index is 926. The number of piperazine rings is 1. The van der Waals surface area contributed by atoms with Crippen LogP contribution in [0.3, 0.4) is 0 Å². The van der Waals surface area contributed by atoms with Crippen molar-refractivity contribution in [1.29, 1.82) is 0 Å². The van der Waals surface area contributed by atoms with Crippen LogP contribution < -0.4 is 10.2 Å². The molecule has 0 bridgehead atoms. The molecule has 0 aliphatic carbocycles. The highest BCUT2D eigenvalue weighted by atomic mass is 16.2. The van der Waals surface area contributed by atoms with Gasteiger partial charge >= 0.3 is 0 Å². The zero-order valence-corrected chi connectivity index (χ0v) is 18.1. The normalized spacial score (nSPS) is 17.1. The fraction of sp³-hybridized carbons (Fsp3) is 0.435. The minimum absolute atomic E-state index is 0.115. The summed E-state index contributed by atoms with van der Waals surface area (Å²) in [5.41, 5.74) is 1.41. The molecule has 2 aromatic rings. The lowest BCUT2D eigenvalue weighted by Crippen LogP contribution is -2.47. The molecule has 3 heterocycles. The van der Waals surface area contributed by atoms with E-state index in [4.69, 9.17) is 0 Å². The lowest BCUT2D eigenvalue weighted by atomic mass is 10.1. The second-order valence-corrected chi connectivity index (χ2v) is 8.06. The third-order valence-electron chi connectivity index (χ3n) is 5.86. The molecule has 2 fully saturated rings. The predicted octanol–water partition coefficient (Wildman–Crippen LogP) is 1.07. The van der Waals surface area contributed by atoms with Crippen LogP contribution in [0.1, 0.15) is 35.2 Å². The summed E-state index contributed by atoms with van der Waals surface area (Å²) in [5.74, 6) is 0.401.